The molecule has 0 fully saturated rings. The van der Waals surface area contributed by atoms with Crippen LogP contribution in [0, 0.1) is 0 Å². The average Bonchev–Trinajstić information content (AvgIpc) is 2.91. The van der Waals surface area contributed by atoms with Crippen LogP contribution in [0.5, 0.6) is 0 Å². The lowest BCUT2D eigenvalue weighted by molar-refractivity contribution is 0.0696. The monoisotopic (exact) mass is 291 g/mol. The molecule has 8 heteroatoms. The van der Waals surface area contributed by atoms with E-state index < -0.39 is 17.6 Å². The largest absolute Gasteiger partial charge is 0.478 e. The number of aliphatic hydroxyl groups excluding tert-OH is 1. The van der Waals surface area contributed by atoms with E-state index in [0.29, 0.717) is 5.69 Å². The van der Waals surface area contributed by atoms with Crippen molar-refractivity contribution in [3.05, 3.63) is 52.2 Å². The van der Waals surface area contributed by atoms with Gasteiger partial charge >= 0.3 is 11.7 Å². The summed E-state index contributed by atoms with van der Waals surface area (Å²) in [6.45, 7) is -0.264. The summed E-state index contributed by atoms with van der Waals surface area (Å²) in [5.74, 6) is -1.58. The molecule has 0 radical (unpaired) electrons. The summed E-state index contributed by atoms with van der Waals surface area (Å²) < 4.78 is 0. The van der Waals surface area contributed by atoms with E-state index in [4.69, 9.17) is 10.2 Å². The quantitative estimate of drug-likeness (QED) is 0.618. The van der Waals surface area contributed by atoms with Crippen LogP contribution in [0.4, 0.5) is 5.69 Å². The molecule has 1 aromatic heterocycles. The fraction of sp³-hybridized carbons (Fsp3) is 0.154. The van der Waals surface area contributed by atoms with Gasteiger partial charge in [-0.2, -0.15) is 0 Å². The van der Waals surface area contributed by atoms with Gasteiger partial charge in [0.2, 0.25) is 0 Å². The zero-order valence-corrected chi connectivity index (χ0v) is 10.9. The first kappa shape index (κ1) is 14.5. The summed E-state index contributed by atoms with van der Waals surface area (Å²) in [5.41, 5.74) is 0.0468. The van der Waals surface area contributed by atoms with Crippen LogP contribution < -0.4 is 10.6 Å². The zero-order chi connectivity index (χ0) is 15.4. The Balaban J connectivity index is 2.31. The predicted molar refractivity (Wildman–Crippen MR) is 73.6 cm³/mol. The molecule has 21 heavy (non-hydrogen) atoms. The molecule has 2 rings (SSSR count). The second-order valence-electron chi connectivity index (χ2n) is 4.19. The second kappa shape index (κ2) is 6.06. The smallest absolute Gasteiger partial charge is 0.335 e. The summed E-state index contributed by atoms with van der Waals surface area (Å²) in [7, 11) is 0. The van der Waals surface area contributed by atoms with Gasteiger partial charge in [-0.1, -0.05) is 0 Å². The minimum absolute atomic E-state index is 0.0124. The van der Waals surface area contributed by atoms with Crippen molar-refractivity contribution < 1.29 is 19.8 Å². The highest BCUT2D eigenvalue weighted by Gasteiger charge is 2.19. The molecule has 0 saturated heterocycles. The predicted octanol–water partition coefficient (Wildman–Crippen LogP) is 0.0403. The highest BCUT2D eigenvalue weighted by Crippen LogP contribution is 2.17. The molecule has 0 bridgehead atoms. The topological polar surface area (TPSA) is 126 Å². The van der Waals surface area contributed by atoms with Crippen LogP contribution in [0.2, 0.25) is 0 Å². The van der Waals surface area contributed by atoms with Crippen molar-refractivity contribution in [1.29, 1.82) is 0 Å². The molecule has 0 aliphatic rings. The van der Waals surface area contributed by atoms with Crippen molar-refractivity contribution in [3.8, 4) is 0 Å². The Morgan fingerprint density at radius 1 is 1.19 bits per heavy atom. The fourth-order valence-electron chi connectivity index (χ4n) is 1.82. The molecule has 0 aliphatic heterocycles. The number of nitrogens with zero attached hydrogens (tertiary/aromatic N) is 1. The molecular formula is C13H13N3O5. The van der Waals surface area contributed by atoms with E-state index >= 15 is 0 Å². The average molecular weight is 291 g/mol. The van der Waals surface area contributed by atoms with E-state index in [1.165, 1.54) is 35.4 Å². The molecule has 0 saturated carbocycles. The van der Waals surface area contributed by atoms with Gasteiger partial charge in [-0.05, 0) is 24.3 Å². The number of carboxylic acids is 1. The highest BCUT2D eigenvalue weighted by molar-refractivity contribution is 6.04. The van der Waals surface area contributed by atoms with Gasteiger partial charge in [-0.3, -0.25) is 4.79 Å². The summed E-state index contributed by atoms with van der Waals surface area (Å²) >= 11 is 0. The summed E-state index contributed by atoms with van der Waals surface area (Å²) in [5, 5.41) is 17.9. The van der Waals surface area contributed by atoms with E-state index in [9.17, 15) is 14.4 Å². The van der Waals surface area contributed by atoms with E-state index in [-0.39, 0.29) is 24.4 Å². The third kappa shape index (κ3) is 3.18. The molecule has 110 valence electrons. The Hall–Kier alpha value is -2.87. The van der Waals surface area contributed by atoms with Crippen LogP contribution in [-0.2, 0) is 0 Å². The molecule has 1 heterocycles. The van der Waals surface area contributed by atoms with Crippen LogP contribution in [0.15, 0.2) is 35.3 Å². The summed E-state index contributed by atoms with van der Waals surface area (Å²) in [6.07, 6.45) is 1.24. The van der Waals surface area contributed by atoms with Gasteiger partial charge < -0.3 is 25.1 Å². The van der Waals surface area contributed by atoms with E-state index in [1.54, 1.807) is 0 Å². The highest BCUT2D eigenvalue weighted by atomic mass is 16.4. The fourth-order valence-corrected chi connectivity index (χ4v) is 1.82. The maximum atomic E-state index is 12.3. The van der Waals surface area contributed by atoms with Crippen molar-refractivity contribution >= 4 is 17.6 Å². The molecule has 2 aromatic rings. The molecule has 1 aromatic carbocycles. The second-order valence-corrected chi connectivity index (χ2v) is 4.19. The first-order valence-corrected chi connectivity index (χ1v) is 6.06. The number of aromatic nitrogens is 2. The first-order chi connectivity index (χ1) is 10.0. The summed E-state index contributed by atoms with van der Waals surface area (Å²) in [6, 6.07) is 5.63. The normalized spacial score (nSPS) is 10.3. The maximum absolute atomic E-state index is 12.3. The Bertz CT molecular complexity index is 701. The standard InChI is InChI=1S/C13H13N3O5/c17-6-5-16(11(18)10-7-14-13(21)15-10)9-3-1-8(2-4-9)12(19)20/h1-4,7,17H,5-6H2,(H,19,20)(H2,14,15,21). The number of benzene rings is 1. The van der Waals surface area contributed by atoms with Crippen molar-refractivity contribution in [2.45, 2.75) is 0 Å². The number of anilines is 1. The van der Waals surface area contributed by atoms with Crippen LogP contribution in [0.3, 0.4) is 0 Å². The number of imidazole rings is 1. The zero-order valence-electron chi connectivity index (χ0n) is 10.9. The van der Waals surface area contributed by atoms with Crippen molar-refractivity contribution in [1.82, 2.24) is 9.97 Å². The summed E-state index contributed by atoms with van der Waals surface area (Å²) in [4.78, 5) is 40.0. The number of amides is 1. The van der Waals surface area contributed by atoms with Crippen molar-refractivity contribution in [2.75, 3.05) is 18.1 Å². The van der Waals surface area contributed by atoms with Crippen molar-refractivity contribution in [3.63, 3.8) is 0 Å². The first-order valence-electron chi connectivity index (χ1n) is 6.06. The van der Waals surface area contributed by atoms with Gasteiger partial charge in [0.05, 0.1) is 12.2 Å². The van der Waals surface area contributed by atoms with Crippen LogP contribution in [-0.4, -0.2) is 45.2 Å². The Morgan fingerprint density at radius 2 is 1.86 bits per heavy atom. The Morgan fingerprint density at radius 3 is 2.33 bits per heavy atom. The van der Waals surface area contributed by atoms with Gasteiger partial charge in [-0.15, -0.1) is 0 Å². The van der Waals surface area contributed by atoms with Crippen LogP contribution >= 0.6 is 0 Å². The number of hydrogen-bond donors (Lipinski definition) is 4. The number of aromatic carboxylic acids is 1. The minimum Gasteiger partial charge on any atom is -0.478 e. The number of carboxylic acid groups (broad SMARTS) is 1. The van der Waals surface area contributed by atoms with Crippen molar-refractivity contribution in [2.24, 2.45) is 0 Å². The molecule has 1 amide bonds. The molecule has 0 spiro atoms. The molecule has 0 unspecified atom stereocenters. The SMILES string of the molecule is O=C(O)c1ccc(N(CCO)C(=O)c2c[nH]c(=O)[nH]2)cc1. The number of aliphatic hydroxyl groups is 1. The van der Waals surface area contributed by atoms with Gasteiger partial charge in [0.25, 0.3) is 5.91 Å². The molecule has 0 atom stereocenters. The number of H-pyrrole nitrogens is 2. The third-order valence-electron chi connectivity index (χ3n) is 2.82. The molecular weight excluding hydrogens is 278 g/mol. The molecule has 4 N–H and O–H groups in total. The Kier molecular flexibility index (Phi) is 4.19. The third-order valence-corrected chi connectivity index (χ3v) is 2.82. The van der Waals surface area contributed by atoms with Gasteiger partial charge in [-0.25, -0.2) is 9.59 Å². The van der Waals surface area contributed by atoms with E-state index in [0.717, 1.165) is 0 Å². The molecule has 8 nitrogen and oxygen atoms in total. The van der Waals surface area contributed by atoms with Gasteiger partial charge in [0.1, 0.15) is 5.69 Å². The minimum atomic E-state index is -1.07. The lowest BCUT2D eigenvalue weighted by atomic mass is 10.2. The van der Waals surface area contributed by atoms with Gasteiger partial charge in [0, 0.05) is 18.4 Å². The number of carbonyl (C=O) groups excluding carboxylic acids is 1. The van der Waals surface area contributed by atoms with Gasteiger partial charge in [0.15, 0.2) is 0 Å². The number of rotatable bonds is 5. The maximum Gasteiger partial charge on any atom is 0.335 e. The van der Waals surface area contributed by atoms with Crippen LogP contribution in [0.25, 0.3) is 0 Å². The number of aromatic amines is 2. The molecule has 0 aliphatic carbocycles. The van der Waals surface area contributed by atoms with E-state index in [1.807, 2.05) is 0 Å². The van der Waals surface area contributed by atoms with E-state index in [2.05, 4.69) is 9.97 Å². The van der Waals surface area contributed by atoms with Crippen LogP contribution in [0.1, 0.15) is 20.8 Å². The number of nitrogens with one attached hydrogen (secondary N) is 2. The number of hydrogen-bond acceptors (Lipinski definition) is 4. The lowest BCUT2D eigenvalue weighted by Crippen LogP contribution is -2.34. The Labute approximate surface area is 118 Å². The number of carbonyl (C=O) groups is 2. The lowest BCUT2D eigenvalue weighted by Gasteiger charge is -2.21.